The van der Waals surface area contributed by atoms with Crippen molar-refractivity contribution < 1.29 is 13.2 Å². The van der Waals surface area contributed by atoms with Gasteiger partial charge in [0.05, 0.1) is 5.56 Å². The van der Waals surface area contributed by atoms with Crippen molar-refractivity contribution in [3.05, 3.63) is 54.6 Å². The molecule has 0 saturated heterocycles. The lowest BCUT2D eigenvalue weighted by molar-refractivity contribution is -0.137. The van der Waals surface area contributed by atoms with Gasteiger partial charge in [0.25, 0.3) is 0 Å². The van der Waals surface area contributed by atoms with Gasteiger partial charge >= 0.3 is 6.18 Å². The molecule has 0 nitrogen and oxygen atoms in total. The summed E-state index contributed by atoms with van der Waals surface area (Å²) in [6.07, 6.45) is -2.04. The van der Waals surface area contributed by atoms with Gasteiger partial charge in [-0.15, -0.1) is 6.58 Å². The van der Waals surface area contributed by atoms with Gasteiger partial charge in [0, 0.05) is 0 Å². The summed E-state index contributed by atoms with van der Waals surface area (Å²) in [6.45, 7) is 7.30. The number of alkyl halides is 3. The normalized spacial score (nSPS) is 11.1. The van der Waals surface area contributed by atoms with Crippen LogP contribution in [0.15, 0.2) is 43.5 Å². The number of hydrogen-bond donors (Lipinski definition) is 0. The Kier molecular flexibility index (Phi) is 3.35. The van der Waals surface area contributed by atoms with E-state index in [9.17, 15) is 13.2 Å². The van der Waals surface area contributed by atoms with Crippen molar-refractivity contribution in [1.82, 2.24) is 0 Å². The zero-order valence-electron chi connectivity index (χ0n) is 8.14. The van der Waals surface area contributed by atoms with Crippen LogP contribution in [0.4, 0.5) is 13.2 Å². The van der Waals surface area contributed by atoms with Gasteiger partial charge in [0.2, 0.25) is 0 Å². The molecule has 0 unspecified atom stereocenters. The third-order valence-electron chi connectivity index (χ3n) is 2.01. The minimum Gasteiger partial charge on any atom is -0.166 e. The van der Waals surface area contributed by atoms with Crippen LogP contribution in [0, 0.1) is 0 Å². The number of benzene rings is 1. The topological polar surface area (TPSA) is 0 Å². The third kappa shape index (κ3) is 2.98. The van der Waals surface area contributed by atoms with E-state index in [1.54, 1.807) is 6.08 Å². The summed E-state index contributed by atoms with van der Waals surface area (Å²) >= 11 is 0. The maximum absolute atomic E-state index is 12.2. The van der Waals surface area contributed by atoms with Crippen molar-refractivity contribution in [2.24, 2.45) is 0 Å². The van der Waals surface area contributed by atoms with Gasteiger partial charge in [-0.25, -0.2) is 0 Å². The van der Waals surface area contributed by atoms with Crippen molar-refractivity contribution in [3.63, 3.8) is 0 Å². The van der Waals surface area contributed by atoms with Crippen LogP contribution in [0.3, 0.4) is 0 Å². The minimum atomic E-state index is -4.28. The highest BCUT2D eigenvalue weighted by Gasteiger charge is 2.29. The molecule has 0 amide bonds. The molecule has 0 heterocycles. The molecule has 0 N–H and O–H groups in total. The standard InChI is InChI=1S/C12H11F3/c1-3-4-9(2)10-5-7-11(8-6-10)12(13,14)15/h3,5-8H,1-2,4H2. The molecular weight excluding hydrogens is 201 g/mol. The van der Waals surface area contributed by atoms with Crippen LogP contribution in [0.2, 0.25) is 0 Å². The lowest BCUT2D eigenvalue weighted by Crippen LogP contribution is -2.04. The van der Waals surface area contributed by atoms with Gasteiger partial charge in [-0.05, 0) is 29.7 Å². The van der Waals surface area contributed by atoms with Gasteiger partial charge in [0.15, 0.2) is 0 Å². The molecule has 1 aromatic rings. The quantitative estimate of drug-likeness (QED) is 0.655. The molecular formula is C12H11F3. The van der Waals surface area contributed by atoms with Crippen LogP contribution >= 0.6 is 0 Å². The molecule has 0 aliphatic carbocycles. The first-order valence-electron chi connectivity index (χ1n) is 4.41. The Hall–Kier alpha value is -1.51. The van der Waals surface area contributed by atoms with Crippen molar-refractivity contribution in [1.29, 1.82) is 0 Å². The lowest BCUT2D eigenvalue weighted by atomic mass is 10.0. The molecule has 0 bridgehead atoms. The molecule has 0 radical (unpaired) electrons. The summed E-state index contributed by atoms with van der Waals surface area (Å²) in [5.74, 6) is 0. The Morgan fingerprint density at radius 1 is 1.20 bits per heavy atom. The van der Waals surface area contributed by atoms with Crippen molar-refractivity contribution in [2.75, 3.05) is 0 Å². The summed E-state index contributed by atoms with van der Waals surface area (Å²) < 4.78 is 36.7. The molecule has 1 rings (SSSR count). The van der Waals surface area contributed by atoms with Gasteiger partial charge in [-0.3, -0.25) is 0 Å². The van der Waals surface area contributed by atoms with Crippen LogP contribution in [-0.4, -0.2) is 0 Å². The number of allylic oxidation sites excluding steroid dienone is 2. The Morgan fingerprint density at radius 2 is 1.73 bits per heavy atom. The number of hydrogen-bond acceptors (Lipinski definition) is 0. The monoisotopic (exact) mass is 212 g/mol. The van der Waals surface area contributed by atoms with Crippen molar-refractivity contribution in [2.45, 2.75) is 12.6 Å². The number of rotatable bonds is 3. The van der Waals surface area contributed by atoms with Crippen LogP contribution in [-0.2, 0) is 6.18 Å². The highest BCUT2D eigenvalue weighted by atomic mass is 19.4. The highest BCUT2D eigenvalue weighted by Crippen LogP contribution is 2.30. The van der Waals surface area contributed by atoms with E-state index >= 15 is 0 Å². The SMILES string of the molecule is C=CCC(=C)c1ccc(C(F)(F)F)cc1. The molecule has 80 valence electrons. The molecule has 0 atom stereocenters. The molecule has 3 heteroatoms. The molecule has 0 aromatic heterocycles. The molecule has 1 aromatic carbocycles. The van der Waals surface area contributed by atoms with E-state index in [1.807, 2.05) is 0 Å². The molecule has 0 saturated carbocycles. The zero-order chi connectivity index (χ0) is 11.5. The summed E-state index contributed by atoms with van der Waals surface area (Å²) in [5.41, 5.74) is 0.833. The summed E-state index contributed by atoms with van der Waals surface area (Å²) in [7, 11) is 0. The van der Waals surface area contributed by atoms with E-state index in [2.05, 4.69) is 13.2 Å². The fourth-order valence-corrected chi connectivity index (χ4v) is 1.19. The molecule has 0 aliphatic heterocycles. The Bertz CT molecular complexity index is 357. The summed E-state index contributed by atoms with van der Waals surface area (Å²) in [6, 6.07) is 4.97. The average Bonchev–Trinajstić information content (AvgIpc) is 2.17. The third-order valence-corrected chi connectivity index (χ3v) is 2.01. The number of halogens is 3. The second-order valence-corrected chi connectivity index (χ2v) is 3.17. The van der Waals surface area contributed by atoms with Crippen LogP contribution < -0.4 is 0 Å². The molecule has 15 heavy (non-hydrogen) atoms. The van der Waals surface area contributed by atoms with E-state index in [0.29, 0.717) is 12.0 Å². The van der Waals surface area contributed by atoms with Crippen molar-refractivity contribution >= 4 is 5.57 Å². The van der Waals surface area contributed by atoms with Gasteiger partial charge in [-0.1, -0.05) is 24.8 Å². The summed E-state index contributed by atoms with van der Waals surface area (Å²) in [5, 5.41) is 0. The Labute approximate surface area is 86.7 Å². The van der Waals surface area contributed by atoms with E-state index in [0.717, 1.165) is 17.7 Å². The Morgan fingerprint density at radius 3 is 2.13 bits per heavy atom. The second kappa shape index (κ2) is 4.34. The zero-order valence-corrected chi connectivity index (χ0v) is 8.14. The van der Waals surface area contributed by atoms with E-state index < -0.39 is 11.7 Å². The van der Waals surface area contributed by atoms with Crippen molar-refractivity contribution in [3.8, 4) is 0 Å². The predicted octanol–water partition coefficient (Wildman–Crippen LogP) is 4.29. The first-order valence-corrected chi connectivity index (χ1v) is 4.41. The second-order valence-electron chi connectivity index (χ2n) is 3.17. The van der Waals surface area contributed by atoms with E-state index in [4.69, 9.17) is 0 Å². The molecule has 0 aliphatic rings. The maximum atomic E-state index is 12.2. The van der Waals surface area contributed by atoms with E-state index in [-0.39, 0.29) is 0 Å². The van der Waals surface area contributed by atoms with Gasteiger partial charge in [-0.2, -0.15) is 13.2 Å². The molecule has 0 fully saturated rings. The maximum Gasteiger partial charge on any atom is 0.416 e. The summed E-state index contributed by atoms with van der Waals surface area (Å²) in [4.78, 5) is 0. The van der Waals surface area contributed by atoms with Crippen LogP contribution in [0.5, 0.6) is 0 Å². The van der Waals surface area contributed by atoms with Gasteiger partial charge in [0.1, 0.15) is 0 Å². The average molecular weight is 212 g/mol. The predicted molar refractivity (Wildman–Crippen MR) is 55.3 cm³/mol. The fourth-order valence-electron chi connectivity index (χ4n) is 1.19. The van der Waals surface area contributed by atoms with Gasteiger partial charge < -0.3 is 0 Å². The van der Waals surface area contributed by atoms with E-state index in [1.165, 1.54) is 12.1 Å². The fraction of sp³-hybridized carbons (Fsp3) is 0.167. The Balaban J connectivity index is 2.90. The minimum absolute atomic E-state index is 0.575. The largest absolute Gasteiger partial charge is 0.416 e. The smallest absolute Gasteiger partial charge is 0.166 e. The highest BCUT2D eigenvalue weighted by molar-refractivity contribution is 5.64. The first-order chi connectivity index (χ1) is 6.95. The first kappa shape index (κ1) is 11.6. The van der Waals surface area contributed by atoms with Crippen LogP contribution in [0.1, 0.15) is 17.5 Å². The lowest BCUT2D eigenvalue weighted by Gasteiger charge is -2.08. The molecule has 0 spiro atoms. The van der Waals surface area contributed by atoms with Crippen LogP contribution in [0.25, 0.3) is 5.57 Å².